The molecule has 3 aromatic rings. The van der Waals surface area contributed by atoms with Crippen LogP contribution in [0.25, 0.3) is 10.8 Å². The molecule has 1 saturated heterocycles. The van der Waals surface area contributed by atoms with Crippen molar-refractivity contribution < 1.29 is 13.2 Å². The maximum atomic E-state index is 12.3. The Morgan fingerprint density at radius 2 is 1.94 bits per heavy atom. The lowest BCUT2D eigenvalue weighted by Gasteiger charge is -2.33. The second-order valence-electron chi connectivity index (χ2n) is 8.36. The Bertz CT molecular complexity index is 1340. The van der Waals surface area contributed by atoms with Crippen molar-refractivity contribution in [3.8, 4) is 6.01 Å². The fourth-order valence-corrected chi connectivity index (χ4v) is 6.18. The summed E-state index contributed by atoms with van der Waals surface area (Å²) >= 11 is 6.57. The molecule has 0 N–H and O–H groups in total. The van der Waals surface area contributed by atoms with E-state index in [4.69, 9.17) is 16.3 Å². The summed E-state index contributed by atoms with van der Waals surface area (Å²) in [6.45, 7) is 5.85. The van der Waals surface area contributed by atoms with E-state index in [-0.39, 0.29) is 6.01 Å². The molecule has 0 bridgehead atoms. The third kappa shape index (κ3) is 3.91. The van der Waals surface area contributed by atoms with Crippen LogP contribution in [0.15, 0.2) is 48.4 Å². The molecular weight excluding hydrogens is 460 g/mol. The lowest BCUT2D eigenvalue weighted by molar-refractivity contribution is 0.376. The van der Waals surface area contributed by atoms with Crippen molar-refractivity contribution in [1.82, 2.24) is 9.97 Å². The summed E-state index contributed by atoms with van der Waals surface area (Å²) in [6.07, 6.45) is 1.29. The van der Waals surface area contributed by atoms with Crippen LogP contribution in [0.3, 0.4) is 0 Å². The number of methoxy groups -OCH3 is 1. The van der Waals surface area contributed by atoms with Gasteiger partial charge in [0.05, 0.1) is 29.6 Å². The quantitative estimate of drug-likeness (QED) is 0.542. The second-order valence-corrected chi connectivity index (χ2v) is 10.9. The Morgan fingerprint density at radius 3 is 2.70 bits per heavy atom. The first-order valence-electron chi connectivity index (χ1n) is 10.9. The van der Waals surface area contributed by atoms with Crippen LogP contribution < -0.4 is 14.5 Å². The van der Waals surface area contributed by atoms with E-state index in [1.807, 2.05) is 23.1 Å². The van der Waals surface area contributed by atoms with Crippen molar-refractivity contribution in [2.24, 2.45) is 0 Å². The van der Waals surface area contributed by atoms with Gasteiger partial charge in [-0.3, -0.25) is 0 Å². The van der Waals surface area contributed by atoms with Gasteiger partial charge in [0, 0.05) is 41.7 Å². The van der Waals surface area contributed by atoms with Gasteiger partial charge in [-0.25, -0.2) is 8.42 Å². The lowest BCUT2D eigenvalue weighted by atomic mass is 10.0. The standard InChI is InChI=1S/C24H25ClN4O3S/c1-3-33(30,31)17-10-12-29(14-17)23-18-11-13-28(15-20(18)26-24(27-23)32-2)21-9-5-7-16-6-4-8-19(25)22(16)21/h3-9,17H,1,10-15H2,2H3. The molecular formula is C24H25ClN4O3S. The van der Waals surface area contributed by atoms with E-state index in [2.05, 4.69) is 39.6 Å². The molecule has 2 aliphatic rings. The number of nitrogens with zero attached hydrogens (tertiary/aromatic N) is 4. The highest BCUT2D eigenvalue weighted by Gasteiger charge is 2.34. The number of fused-ring (bicyclic) bond motifs is 2. The van der Waals surface area contributed by atoms with Crippen molar-refractivity contribution in [2.75, 3.05) is 36.5 Å². The Labute approximate surface area is 198 Å². The molecule has 5 rings (SSSR count). The van der Waals surface area contributed by atoms with Crippen LogP contribution in [0.4, 0.5) is 11.5 Å². The fraction of sp³-hybridized carbons (Fsp3) is 0.333. The van der Waals surface area contributed by atoms with Crippen LogP contribution in [0.1, 0.15) is 17.7 Å². The summed E-state index contributed by atoms with van der Waals surface area (Å²) in [4.78, 5) is 13.6. The lowest BCUT2D eigenvalue weighted by Crippen LogP contribution is -2.34. The van der Waals surface area contributed by atoms with Crippen LogP contribution >= 0.6 is 11.6 Å². The van der Waals surface area contributed by atoms with Gasteiger partial charge in [0.2, 0.25) is 0 Å². The number of halogens is 1. The van der Waals surface area contributed by atoms with E-state index in [0.29, 0.717) is 26.1 Å². The number of hydrogen-bond donors (Lipinski definition) is 0. The van der Waals surface area contributed by atoms with Crippen molar-refractivity contribution >= 4 is 43.7 Å². The van der Waals surface area contributed by atoms with Crippen LogP contribution in [-0.2, 0) is 22.8 Å². The Kier molecular flexibility index (Phi) is 5.66. The number of ether oxygens (including phenoxy) is 1. The molecule has 0 amide bonds. The summed E-state index contributed by atoms with van der Waals surface area (Å²) in [7, 11) is -1.77. The molecule has 0 saturated carbocycles. The third-order valence-electron chi connectivity index (χ3n) is 6.52. The van der Waals surface area contributed by atoms with Crippen LogP contribution in [0.2, 0.25) is 5.02 Å². The minimum absolute atomic E-state index is 0.288. The number of aromatic nitrogens is 2. The molecule has 2 aliphatic heterocycles. The zero-order valence-electron chi connectivity index (χ0n) is 18.4. The Morgan fingerprint density at radius 1 is 1.15 bits per heavy atom. The molecule has 0 aliphatic carbocycles. The molecule has 7 nitrogen and oxygen atoms in total. The largest absolute Gasteiger partial charge is 0.467 e. The first-order valence-corrected chi connectivity index (χ1v) is 12.9. The van der Waals surface area contributed by atoms with E-state index >= 15 is 0 Å². The van der Waals surface area contributed by atoms with E-state index in [1.165, 1.54) is 0 Å². The fourth-order valence-electron chi connectivity index (χ4n) is 4.81. The monoisotopic (exact) mass is 484 g/mol. The van der Waals surface area contributed by atoms with Crippen LogP contribution in [0, 0.1) is 0 Å². The molecule has 2 aromatic carbocycles. The van der Waals surface area contributed by atoms with Gasteiger partial charge >= 0.3 is 6.01 Å². The van der Waals surface area contributed by atoms with E-state index in [0.717, 1.165) is 56.9 Å². The predicted molar refractivity (Wildman–Crippen MR) is 132 cm³/mol. The van der Waals surface area contributed by atoms with Gasteiger partial charge in [-0.2, -0.15) is 9.97 Å². The Balaban J connectivity index is 1.51. The minimum Gasteiger partial charge on any atom is -0.467 e. The van der Waals surface area contributed by atoms with Crippen LogP contribution in [-0.4, -0.2) is 50.4 Å². The summed E-state index contributed by atoms with van der Waals surface area (Å²) in [5.74, 6) is 0.772. The van der Waals surface area contributed by atoms with E-state index in [1.54, 1.807) is 7.11 Å². The Hall–Kier alpha value is -2.84. The number of sulfone groups is 1. The zero-order chi connectivity index (χ0) is 23.2. The maximum absolute atomic E-state index is 12.3. The number of benzene rings is 2. The normalized spacial score (nSPS) is 18.4. The van der Waals surface area contributed by atoms with Crippen molar-refractivity contribution in [1.29, 1.82) is 0 Å². The van der Waals surface area contributed by atoms with Gasteiger partial charge in [0.1, 0.15) is 5.82 Å². The van der Waals surface area contributed by atoms with Gasteiger partial charge in [-0.15, -0.1) is 0 Å². The highest BCUT2D eigenvalue weighted by atomic mass is 35.5. The van der Waals surface area contributed by atoms with Gasteiger partial charge < -0.3 is 14.5 Å². The summed E-state index contributed by atoms with van der Waals surface area (Å²) in [5, 5.41) is 3.44. The number of hydrogen-bond acceptors (Lipinski definition) is 7. The molecule has 1 atom stereocenters. The molecule has 172 valence electrons. The van der Waals surface area contributed by atoms with Crippen molar-refractivity contribution in [2.45, 2.75) is 24.6 Å². The van der Waals surface area contributed by atoms with Gasteiger partial charge in [0.15, 0.2) is 9.84 Å². The molecule has 9 heteroatoms. The van der Waals surface area contributed by atoms with Crippen molar-refractivity contribution in [3.05, 3.63) is 64.7 Å². The molecule has 1 aromatic heterocycles. The molecule has 3 heterocycles. The average Bonchev–Trinajstić information content (AvgIpc) is 3.34. The predicted octanol–water partition coefficient (Wildman–Crippen LogP) is 3.99. The zero-order valence-corrected chi connectivity index (χ0v) is 19.9. The van der Waals surface area contributed by atoms with Crippen molar-refractivity contribution in [3.63, 3.8) is 0 Å². The molecule has 33 heavy (non-hydrogen) atoms. The average molecular weight is 485 g/mol. The summed E-state index contributed by atoms with van der Waals surface area (Å²) < 4.78 is 30.0. The SMILES string of the molecule is C=CS(=O)(=O)C1CCN(c2nc(OC)nc3c2CCN(c2cccc4cccc(Cl)c24)C3)C1. The van der Waals surface area contributed by atoms with Gasteiger partial charge in [-0.05, 0) is 30.4 Å². The molecule has 1 fully saturated rings. The second kappa shape index (κ2) is 8.50. The molecule has 0 radical (unpaired) electrons. The third-order valence-corrected chi connectivity index (χ3v) is 8.61. The van der Waals surface area contributed by atoms with Gasteiger partial charge in [-0.1, -0.05) is 42.4 Å². The molecule has 0 spiro atoms. The highest BCUT2D eigenvalue weighted by molar-refractivity contribution is 7.94. The minimum atomic E-state index is -3.32. The van der Waals surface area contributed by atoms with E-state index < -0.39 is 15.1 Å². The number of rotatable bonds is 5. The summed E-state index contributed by atoms with van der Waals surface area (Å²) in [5.41, 5.74) is 3.01. The number of anilines is 2. The first-order chi connectivity index (χ1) is 15.9. The maximum Gasteiger partial charge on any atom is 0.318 e. The molecule has 1 unspecified atom stereocenters. The summed E-state index contributed by atoms with van der Waals surface area (Å²) in [6, 6.07) is 12.4. The topological polar surface area (TPSA) is 75.6 Å². The van der Waals surface area contributed by atoms with Gasteiger partial charge in [0.25, 0.3) is 0 Å². The smallest absolute Gasteiger partial charge is 0.318 e. The first kappa shape index (κ1) is 22.0. The highest BCUT2D eigenvalue weighted by Crippen LogP contribution is 2.37. The van der Waals surface area contributed by atoms with E-state index in [9.17, 15) is 8.42 Å². The van der Waals surface area contributed by atoms with Crippen LogP contribution in [0.5, 0.6) is 6.01 Å².